The van der Waals surface area contributed by atoms with Gasteiger partial charge in [0.15, 0.2) is 0 Å². The van der Waals surface area contributed by atoms with Gasteiger partial charge in [-0.05, 0) is 19.1 Å². The molecule has 2 rings (SSSR count). The van der Waals surface area contributed by atoms with Crippen molar-refractivity contribution in [1.29, 1.82) is 0 Å². The number of rotatable bonds is 2. The Hall–Kier alpha value is -1.59. The van der Waals surface area contributed by atoms with Gasteiger partial charge in [0.1, 0.15) is 6.10 Å². The Kier molecular flexibility index (Phi) is 4.62. The highest BCUT2D eigenvalue weighted by Gasteiger charge is 2.27. The molecule has 108 valence electrons. The summed E-state index contributed by atoms with van der Waals surface area (Å²) in [4.78, 5) is 27.2. The molecule has 0 aromatic heterocycles. The molecule has 2 amide bonds. The van der Waals surface area contributed by atoms with Crippen LogP contribution in [0.2, 0.25) is 5.02 Å². The predicted octanol–water partition coefficient (Wildman–Crippen LogP) is 1.01. The third-order valence-corrected chi connectivity index (χ3v) is 3.67. The van der Waals surface area contributed by atoms with Crippen molar-refractivity contribution in [2.45, 2.75) is 13.0 Å². The molecule has 1 unspecified atom stereocenters. The van der Waals surface area contributed by atoms with E-state index in [1.54, 1.807) is 34.1 Å². The minimum absolute atomic E-state index is 0.125. The van der Waals surface area contributed by atoms with Crippen molar-refractivity contribution in [3.63, 3.8) is 0 Å². The molecule has 1 heterocycles. The largest absolute Gasteiger partial charge is 0.384 e. The van der Waals surface area contributed by atoms with Crippen LogP contribution in [-0.2, 0) is 4.79 Å². The summed E-state index contributed by atoms with van der Waals surface area (Å²) in [6.07, 6.45) is -0.999. The maximum atomic E-state index is 12.3. The molecule has 1 aromatic rings. The van der Waals surface area contributed by atoms with Crippen LogP contribution in [0.25, 0.3) is 0 Å². The number of carbonyl (C=O) groups is 2. The average molecular weight is 297 g/mol. The van der Waals surface area contributed by atoms with E-state index in [-0.39, 0.29) is 11.8 Å². The molecule has 0 radical (unpaired) electrons. The first-order valence-electron chi connectivity index (χ1n) is 6.51. The SMILES string of the molecule is CC(O)C(=O)N1CCN(C(=O)c2ccccc2Cl)CC1. The third kappa shape index (κ3) is 3.11. The zero-order valence-corrected chi connectivity index (χ0v) is 12.0. The smallest absolute Gasteiger partial charge is 0.255 e. The number of halogens is 1. The molecule has 1 atom stereocenters. The standard InChI is InChI=1S/C14H17ClN2O3/c1-10(18)13(19)16-6-8-17(9-7-16)14(20)11-4-2-3-5-12(11)15/h2-5,10,18H,6-9H2,1H3. The van der Waals surface area contributed by atoms with Gasteiger partial charge in [-0.15, -0.1) is 0 Å². The topological polar surface area (TPSA) is 60.9 Å². The number of aliphatic hydroxyl groups is 1. The number of aliphatic hydroxyl groups excluding tert-OH is 1. The first-order chi connectivity index (χ1) is 9.50. The Labute approximate surface area is 122 Å². The maximum absolute atomic E-state index is 12.3. The second kappa shape index (κ2) is 6.24. The second-order valence-electron chi connectivity index (χ2n) is 4.77. The van der Waals surface area contributed by atoms with E-state index in [0.717, 1.165) is 0 Å². The van der Waals surface area contributed by atoms with E-state index in [1.807, 2.05) is 0 Å². The van der Waals surface area contributed by atoms with Crippen molar-refractivity contribution in [2.24, 2.45) is 0 Å². The summed E-state index contributed by atoms with van der Waals surface area (Å²) < 4.78 is 0. The number of hydrogen-bond donors (Lipinski definition) is 1. The van der Waals surface area contributed by atoms with Crippen molar-refractivity contribution in [3.05, 3.63) is 34.9 Å². The van der Waals surface area contributed by atoms with Crippen LogP contribution in [0.4, 0.5) is 0 Å². The minimum atomic E-state index is -0.999. The van der Waals surface area contributed by atoms with E-state index >= 15 is 0 Å². The quantitative estimate of drug-likeness (QED) is 0.886. The minimum Gasteiger partial charge on any atom is -0.384 e. The highest BCUT2D eigenvalue weighted by molar-refractivity contribution is 6.33. The molecule has 1 N–H and O–H groups in total. The van der Waals surface area contributed by atoms with E-state index in [4.69, 9.17) is 11.6 Å². The van der Waals surface area contributed by atoms with Crippen LogP contribution in [0.3, 0.4) is 0 Å². The van der Waals surface area contributed by atoms with Crippen LogP contribution < -0.4 is 0 Å². The molecular weight excluding hydrogens is 280 g/mol. The summed E-state index contributed by atoms with van der Waals surface area (Å²) in [5.41, 5.74) is 0.476. The molecule has 1 fully saturated rings. The second-order valence-corrected chi connectivity index (χ2v) is 5.18. The van der Waals surface area contributed by atoms with Gasteiger partial charge >= 0.3 is 0 Å². The number of amides is 2. The molecule has 0 bridgehead atoms. The molecule has 5 nitrogen and oxygen atoms in total. The summed E-state index contributed by atoms with van der Waals surface area (Å²) in [5.74, 6) is -0.422. The number of nitrogens with zero attached hydrogens (tertiary/aromatic N) is 2. The first-order valence-corrected chi connectivity index (χ1v) is 6.89. The van der Waals surface area contributed by atoms with Crippen molar-refractivity contribution < 1.29 is 14.7 Å². The highest BCUT2D eigenvalue weighted by Crippen LogP contribution is 2.18. The lowest BCUT2D eigenvalue weighted by atomic mass is 10.1. The van der Waals surface area contributed by atoms with Gasteiger partial charge in [0.05, 0.1) is 10.6 Å². The van der Waals surface area contributed by atoms with Crippen molar-refractivity contribution in [2.75, 3.05) is 26.2 Å². The first kappa shape index (κ1) is 14.8. The van der Waals surface area contributed by atoms with E-state index < -0.39 is 6.10 Å². The molecule has 6 heteroatoms. The number of hydrogen-bond acceptors (Lipinski definition) is 3. The van der Waals surface area contributed by atoms with Crippen molar-refractivity contribution in [3.8, 4) is 0 Å². The molecule has 1 aromatic carbocycles. The zero-order valence-electron chi connectivity index (χ0n) is 11.3. The van der Waals surface area contributed by atoms with E-state index in [2.05, 4.69) is 0 Å². The molecule has 20 heavy (non-hydrogen) atoms. The summed E-state index contributed by atoms with van der Waals surface area (Å²) in [7, 11) is 0. The molecule has 1 saturated heterocycles. The zero-order chi connectivity index (χ0) is 14.7. The summed E-state index contributed by atoms with van der Waals surface area (Å²) >= 11 is 6.01. The van der Waals surface area contributed by atoms with Crippen LogP contribution >= 0.6 is 11.6 Å². The van der Waals surface area contributed by atoms with Gasteiger partial charge in [-0.3, -0.25) is 9.59 Å². The number of piperazine rings is 1. The van der Waals surface area contributed by atoms with Crippen LogP contribution in [0.15, 0.2) is 24.3 Å². The predicted molar refractivity (Wildman–Crippen MR) is 75.6 cm³/mol. The third-order valence-electron chi connectivity index (χ3n) is 3.34. The van der Waals surface area contributed by atoms with E-state index in [9.17, 15) is 14.7 Å². The number of benzene rings is 1. The van der Waals surface area contributed by atoms with Gasteiger partial charge in [0.2, 0.25) is 0 Å². The Bertz CT molecular complexity index is 511. The fourth-order valence-electron chi connectivity index (χ4n) is 2.20. The molecule has 1 aliphatic rings. The van der Waals surface area contributed by atoms with Crippen molar-refractivity contribution in [1.82, 2.24) is 9.80 Å². The Morgan fingerprint density at radius 2 is 1.70 bits per heavy atom. The van der Waals surface area contributed by atoms with Gasteiger partial charge in [-0.25, -0.2) is 0 Å². The molecule has 0 saturated carbocycles. The highest BCUT2D eigenvalue weighted by atomic mass is 35.5. The number of carbonyl (C=O) groups excluding carboxylic acids is 2. The van der Waals surface area contributed by atoms with Crippen LogP contribution in [0.1, 0.15) is 17.3 Å². The Morgan fingerprint density at radius 1 is 1.15 bits per heavy atom. The van der Waals surface area contributed by atoms with Crippen LogP contribution in [0.5, 0.6) is 0 Å². The summed E-state index contributed by atoms with van der Waals surface area (Å²) in [5, 5.41) is 9.70. The fourth-order valence-corrected chi connectivity index (χ4v) is 2.42. The lowest BCUT2D eigenvalue weighted by molar-refractivity contribution is -0.140. The lowest BCUT2D eigenvalue weighted by Gasteiger charge is -2.35. The monoisotopic (exact) mass is 296 g/mol. The average Bonchev–Trinajstić information content (AvgIpc) is 2.46. The summed E-state index contributed by atoms with van der Waals surface area (Å²) in [6, 6.07) is 6.92. The molecule has 0 aliphatic carbocycles. The van der Waals surface area contributed by atoms with Gasteiger partial charge in [-0.1, -0.05) is 23.7 Å². The summed E-state index contributed by atoms with van der Waals surface area (Å²) in [6.45, 7) is 3.20. The van der Waals surface area contributed by atoms with Crippen LogP contribution in [0, 0.1) is 0 Å². The Balaban J connectivity index is 1.99. The Morgan fingerprint density at radius 3 is 2.25 bits per heavy atom. The normalized spacial score (nSPS) is 16.9. The van der Waals surface area contributed by atoms with Gasteiger partial charge in [0, 0.05) is 26.2 Å². The van der Waals surface area contributed by atoms with E-state index in [1.165, 1.54) is 6.92 Å². The fraction of sp³-hybridized carbons (Fsp3) is 0.429. The maximum Gasteiger partial charge on any atom is 0.255 e. The molecule has 1 aliphatic heterocycles. The molecular formula is C14H17ClN2O3. The van der Waals surface area contributed by atoms with Gasteiger partial charge in [0.25, 0.3) is 11.8 Å². The van der Waals surface area contributed by atoms with Gasteiger partial charge in [-0.2, -0.15) is 0 Å². The van der Waals surface area contributed by atoms with Crippen molar-refractivity contribution >= 4 is 23.4 Å². The van der Waals surface area contributed by atoms with Crippen LogP contribution in [-0.4, -0.2) is 59.0 Å². The lowest BCUT2D eigenvalue weighted by Crippen LogP contribution is -2.52. The molecule has 0 spiro atoms. The van der Waals surface area contributed by atoms with E-state index in [0.29, 0.717) is 36.8 Å². The van der Waals surface area contributed by atoms with Gasteiger partial charge < -0.3 is 14.9 Å².